The SMILES string of the molecule is C[C@H]1C[C@@H]1CNS(=O)(=O)c1csc(C(=O)O)c1. The van der Waals surface area contributed by atoms with Crippen LogP contribution in [-0.2, 0) is 10.0 Å². The van der Waals surface area contributed by atoms with Gasteiger partial charge in [-0.3, -0.25) is 0 Å². The van der Waals surface area contributed by atoms with Crippen molar-refractivity contribution in [2.24, 2.45) is 11.8 Å². The lowest BCUT2D eigenvalue weighted by Gasteiger charge is -2.03. The van der Waals surface area contributed by atoms with E-state index in [9.17, 15) is 13.2 Å². The van der Waals surface area contributed by atoms with E-state index in [1.54, 1.807) is 0 Å². The van der Waals surface area contributed by atoms with Gasteiger partial charge in [0.2, 0.25) is 10.0 Å². The molecule has 1 saturated carbocycles. The normalized spacial score (nSPS) is 23.6. The van der Waals surface area contributed by atoms with E-state index in [2.05, 4.69) is 11.6 Å². The summed E-state index contributed by atoms with van der Waals surface area (Å²) in [6, 6.07) is 1.19. The largest absolute Gasteiger partial charge is 0.477 e. The molecule has 5 nitrogen and oxygen atoms in total. The third-order valence-electron chi connectivity index (χ3n) is 2.91. The Balaban J connectivity index is 2.05. The molecule has 0 radical (unpaired) electrons. The van der Waals surface area contributed by atoms with E-state index in [0.717, 1.165) is 17.8 Å². The summed E-state index contributed by atoms with van der Waals surface area (Å²) in [6.07, 6.45) is 1.05. The fourth-order valence-corrected chi connectivity index (χ4v) is 3.76. The van der Waals surface area contributed by atoms with E-state index in [-0.39, 0.29) is 9.77 Å². The molecule has 1 fully saturated rings. The van der Waals surface area contributed by atoms with Crippen LogP contribution in [-0.4, -0.2) is 26.0 Å². The highest BCUT2D eigenvalue weighted by Gasteiger charge is 2.33. The highest BCUT2D eigenvalue weighted by atomic mass is 32.2. The van der Waals surface area contributed by atoms with Gasteiger partial charge in [0.15, 0.2) is 0 Å². The van der Waals surface area contributed by atoms with Gasteiger partial charge < -0.3 is 5.11 Å². The number of hydrogen-bond acceptors (Lipinski definition) is 4. The van der Waals surface area contributed by atoms with Crippen LogP contribution in [0.2, 0.25) is 0 Å². The second-order valence-corrected chi connectivity index (χ2v) is 6.95. The van der Waals surface area contributed by atoms with E-state index in [4.69, 9.17) is 5.11 Å². The molecule has 0 unspecified atom stereocenters. The predicted molar refractivity (Wildman–Crippen MR) is 63.7 cm³/mol. The number of rotatable bonds is 5. The fourth-order valence-electron chi connectivity index (χ4n) is 1.56. The van der Waals surface area contributed by atoms with Crippen LogP contribution in [0.15, 0.2) is 16.3 Å². The van der Waals surface area contributed by atoms with Crippen LogP contribution in [0.4, 0.5) is 0 Å². The van der Waals surface area contributed by atoms with E-state index in [0.29, 0.717) is 18.4 Å². The van der Waals surface area contributed by atoms with Gasteiger partial charge >= 0.3 is 5.97 Å². The van der Waals surface area contributed by atoms with E-state index < -0.39 is 16.0 Å². The summed E-state index contributed by atoms with van der Waals surface area (Å²) in [5.41, 5.74) is 0. The van der Waals surface area contributed by atoms with Gasteiger partial charge in [-0.2, -0.15) is 0 Å². The molecular weight excluding hydrogens is 262 g/mol. The predicted octanol–water partition coefficient (Wildman–Crippen LogP) is 1.38. The zero-order valence-electron chi connectivity index (χ0n) is 9.21. The van der Waals surface area contributed by atoms with Gasteiger partial charge in [-0.1, -0.05) is 6.92 Å². The maximum absolute atomic E-state index is 11.8. The molecule has 0 aromatic carbocycles. The summed E-state index contributed by atoms with van der Waals surface area (Å²) in [7, 11) is -3.55. The van der Waals surface area contributed by atoms with Crippen LogP contribution in [0.25, 0.3) is 0 Å². The first-order valence-corrected chi connectivity index (χ1v) is 7.58. The van der Waals surface area contributed by atoms with Crippen LogP contribution in [0, 0.1) is 11.8 Å². The molecule has 1 aromatic rings. The molecule has 0 saturated heterocycles. The van der Waals surface area contributed by atoms with Gasteiger partial charge in [0.1, 0.15) is 4.88 Å². The molecule has 1 aliphatic carbocycles. The van der Waals surface area contributed by atoms with Crippen molar-refractivity contribution in [2.75, 3.05) is 6.54 Å². The van der Waals surface area contributed by atoms with E-state index in [1.807, 2.05) is 0 Å². The number of sulfonamides is 1. The third kappa shape index (κ3) is 2.85. The Morgan fingerprint density at radius 3 is 2.76 bits per heavy atom. The topological polar surface area (TPSA) is 83.5 Å². The maximum atomic E-state index is 11.8. The smallest absolute Gasteiger partial charge is 0.345 e. The van der Waals surface area contributed by atoms with E-state index in [1.165, 1.54) is 11.4 Å². The number of aromatic carboxylic acids is 1. The lowest BCUT2D eigenvalue weighted by atomic mass is 10.3. The zero-order valence-corrected chi connectivity index (χ0v) is 10.8. The standard InChI is InChI=1S/C10H13NO4S2/c1-6-2-7(6)4-11-17(14,15)8-3-9(10(12)13)16-5-8/h3,5-7,11H,2,4H2,1H3,(H,12,13)/t6-,7+/m0/s1. The van der Waals surface area contributed by atoms with Gasteiger partial charge in [0, 0.05) is 11.9 Å². The van der Waals surface area contributed by atoms with Gasteiger partial charge in [0.25, 0.3) is 0 Å². The second-order valence-electron chi connectivity index (χ2n) is 4.28. The second kappa shape index (κ2) is 4.40. The monoisotopic (exact) mass is 275 g/mol. The highest BCUT2D eigenvalue weighted by Crippen LogP contribution is 2.37. The average molecular weight is 275 g/mol. The first-order chi connectivity index (χ1) is 7.90. The van der Waals surface area contributed by atoms with Crippen molar-refractivity contribution >= 4 is 27.3 Å². The molecule has 2 N–H and O–H groups in total. The molecule has 0 spiro atoms. The first kappa shape index (κ1) is 12.5. The van der Waals surface area contributed by atoms with Gasteiger partial charge in [-0.15, -0.1) is 11.3 Å². The summed E-state index contributed by atoms with van der Waals surface area (Å²) in [4.78, 5) is 10.7. The summed E-state index contributed by atoms with van der Waals surface area (Å²) < 4.78 is 26.1. The molecule has 2 atom stereocenters. The molecule has 94 valence electrons. The molecule has 2 rings (SSSR count). The number of carbonyl (C=O) groups is 1. The minimum atomic E-state index is -3.55. The van der Waals surface area contributed by atoms with Gasteiger partial charge in [0.05, 0.1) is 4.90 Å². The Kier molecular flexibility index (Phi) is 3.24. The van der Waals surface area contributed by atoms with Crippen LogP contribution in [0.3, 0.4) is 0 Å². The zero-order chi connectivity index (χ0) is 12.6. The van der Waals surface area contributed by atoms with Gasteiger partial charge in [-0.05, 0) is 24.3 Å². The summed E-state index contributed by atoms with van der Waals surface area (Å²) in [5, 5.41) is 10.1. The van der Waals surface area contributed by atoms with Gasteiger partial charge in [-0.25, -0.2) is 17.9 Å². The lowest BCUT2D eigenvalue weighted by Crippen LogP contribution is -2.25. The summed E-state index contributed by atoms with van der Waals surface area (Å²) >= 11 is 0.916. The van der Waals surface area contributed by atoms with Crippen molar-refractivity contribution in [3.8, 4) is 0 Å². The Morgan fingerprint density at radius 2 is 2.29 bits per heavy atom. The van der Waals surface area contributed by atoms with Crippen LogP contribution in [0.1, 0.15) is 23.0 Å². The number of carboxylic acids is 1. The molecule has 0 aliphatic heterocycles. The molecule has 1 aliphatic rings. The first-order valence-electron chi connectivity index (χ1n) is 5.21. The minimum Gasteiger partial charge on any atom is -0.477 e. The van der Waals surface area contributed by atoms with Crippen molar-refractivity contribution in [1.82, 2.24) is 4.72 Å². The van der Waals surface area contributed by atoms with E-state index >= 15 is 0 Å². The quantitative estimate of drug-likeness (QED) is 0.850. The highest BCUT2D eigenvalue weighted by molar-refractivity contribution is 7.89. The number of carboxylic acid groups (broad SMARTS) is 1. The number of nitrogens with one attached hydrogen (secondary N) is 1. The van der Waals surface area contributed by atoms with Crippen molar-refractivity contribution in [3.63, 3.8) is 0 Å². The Labute approximate surface area is 104 Å². The van der Waals surface area contributed by atoms with Crippen molar-refractivity contribution in [1.29, 1.82) is 0 Å². The Morgan fingerprint density at radius 1 is 1.65 bits per heavy atom. The summed E-state index contributed by atoms with van der Waals surface area (Å²) in [5.74, 6) is -0.107. The molecule has 1 heterocycles. The molecule has 17 heavy (non-hydrogen) atoms. The molecule has 7 heteroatoms. The van der Waals surface area contributed by atoms with Crippen LogP contribution in [0.5, 0.6) is 0 Å². The molecule has 0 bridgehead atoms. The van der Waals surface area contributed by atoms with Crippen LogP contribution < -0.4 is 4.72 Å². The van der Waals surface area contributed by atoms with Crippen molar-refractivity contribution in [2.45, 2.75) is 18.2 Å². The summed E-state index contributed by atoms with van der Waals surface area (Å²) in [6.45, 7) is 2.51. The lowest BCUT2D eigenvalue weighted by molar-refractivity contribution is 0.0702. The number of thiophene rings is 1. The van der Waals surface area contributed by atoms with Crippen LogP contribution >= 0.6 is 11.3 Å². The maximum Gasteiger partial charge on any atom is 0.345 e. The number of hydrogen-bond donors (Lipinski definition) is 2. The minimum absolute atomic E-state index is 0.0326. The molecular formula is C10H13NO4S2. The fraction of sp³-hybridized carbons (Fsp3) is 0.500. The Hall–Kier alpha value is -0.920. The Bertz CT molecular complexity index is 534. The molecule has 1 aromatic heterocycles. The third-order valence-corrected chi connectivity index (χ3v) is 5.38. The average Bonchev–Trinajstić information content (AvgIpc) is 2.78. The van der Waals surface area contributed by atoms with Crippen molar-refractivity contribution < 1.29 is 18.3 Å². The molecule has 0 amide bonds. The van der Waals surface area contributed by atoms with Crippen molar-refractivity contribution in [3.05, 3.63) is 16.3 Å².